The molecule has 5 heteroatoms. The third kappa shape index (κ3) is 2.67. The maximum Gasteiger partial charge on any atom is 0.151 e. The van der Waals surface area contributed by atoms with Gasteiger partial charge in [-0.3, -0.25) is 9.47 Å². The summed E-state index contributed by atoms with van der Waals surface area (Å²) in [7, 11) is 0. The van der Waals surface area contributed by atoms with E-state index < -0.39 is 0 Å². The van der Waals surface area contributed by atoms with Crippen LogP contribution < -0.4 is 5.32 Å². The van der Waals surface area contributed by atoms with Crippen LogP contribution in [0.2, 0.25) is 0 Å². The molecule has 3 rings (SSSR count). The summed E-state index contributed by atoms with van der Waals surface area (Å²) < 4.78 is 2.14. The maximum absolute atomic E-state index is 4.34. The Morgan fingerprint density at radius 1 is 1.11 bits per heavy atom. The van der Waals surface area contributed by atoms with Crippen molar-refractivity contribution >= 4 is 0 Å². The molecule has 5 nitrogen and oxygen atoms in total. The van der Waals surface area contributed by atoms with Crippen molar-refractivity contribution in [3.05, 3.63) is 42.0 Å². The topological polar surface area (TPSA) is 46.0 Å². The third-order valence-corrected chi connectivity index (χ3v) is 3.48. The molecule has 1 aromatic carbocycles. The summed E-state index contributed by atoms with van der Waals surface area (Å²) in [6, 6.07) is 10.3. The van der Waals surface area contributed by atoms with Gasteiger partial charge in [-0.05, 0) is 19.1 Å². The lowest BCUT2D eigenvalue weighted by atomic mass is 10.3. The van der Waals surface area contributed by atoms with Crippen LogP contribution in [-0.4, -0.2) is 45.8 Å². The number of para-hydroxylation sites is 1. The number of aryl methyl sites for hydroxylation is 1. The Labute approximate surface area is 113 Å². The second kappa shape index (κ2) is 5.50. The zero-order valence-electron chi connectivity index (χ0n) is 11.2. The first-order valence-corrected chi connectivity index (χ1v) is 6.74. The van der Waals surface area contributed by atoms with Gasteiger partial charge in [-0.1, -0.05) is 18.2 Å². The molecule has 1 N–H and O–H groups in total. The molecule has 0 saturated carbocycles. The molecule has 0 atom stereocenters. The predicted octanol–water partition coefficient (Wildman–Crippen LogP) is 0.981. The number of nitrogens with one attached hydrogen (secondary N) is 1. The molecule has 0 bridgehead atoms. The standard InChI is InChI=1S/C14H19N5/c1-12-16-17-14(11-18-9-7-15-8-10-18)19(12)13-5-3-2-4-6-13/h2-6,15H,7-11H2,1H3. The van der Waals surface area contributed by atoms with Crippen molar-refractivity contribution in [2.75, 3.05) is 26.2 Å². The first kappa shape index (κ1) is 12.3. The molecular formula is C14H19N5. The number of aromatic nitrogens is 3. The van der Waals surface area contributed by atoms with Crippen molar-refractivity contribution in [2.45, 2.75) is 13.5 Å². The molecule has 2 heterocycles. The zero-order chi connectivity index (χ0) is 13.1. The van der Waals surface area contributed by atoms with Gasteiger partial charge in [-0.25, -0.2) is 0 Å². The molecule has 0 amide bonds. The van der Waals surface area contributed by atoms with Crippen LogP contribution in [0, 0.1) is 6.92 Å². The van der Waals surface area contributed by atoms with Crippen LogP contribution in [0.15, 0.2) is 30.3 Å². The number of rotatable bonds is 3. The molecule has 2 aromatic rings. The van der Waals surface area contributed by atoms with E-state index >= 15 is 0 Å². The summed E-state index contributed by atoms with van der Waals surface area (Å²) >= 11 is 0. The Balaban J connectivity index is 1.86. The van der Waals surface area contributed by atoms with Crippen molar-refractivity contribution < 1.29 is 0 Å². The van der Waals surface area contributed by atoms with Gasteiger partial charge >= 0.3 is 0 Å². The quantitative estimate of drug-likeness (QED) is 0.890. The van der Waals surface area contributed by atoms with Gasteiger partial charge in [-0.2, -0.15) is 0 Å². The lowest BCUT2D eigenvalue weighted by Crippen LogP contribution is -2.43. The third-order valence-electron chi connectivity index (χ3n) is 3.48. The molecule has 1 fully saturated rings. The number of benzene rings is 1. The van der Waals surface area contributed by atoms with Crippen molar-refractivity contribution in [3.63, 3.8) is 0 Å². The summed E-state index contributed by atoms with van der Waals surface area (Å²) in [5, 5.41) is 11.9. The van der Waals surface area contributed by atoms with Crippen molar-refractivity contribution in [1.82, 2.24) is 25.0 Å². The van der Waals surface area contributed by atoms with Crippen molar-refractivity contribution in [1.29, 1.82) is 0 Å². The SMILES string of the molecule is Cc1nnc(CN2CCNCC2)n1-c1ccccc1. The van der Waals surface area contributed by atoms with Crippen molar-refractivity contribution in [2.24, 2.45) is 0 Å². The van der Waals surface area contributed by atoms with Gasteiger partial charge in [0.1, 0.15) is 5.82 Å². The van der Waals surface area contributed by atoms with E-state index in [1.807, 2.05) is 25.1 Å². The van der Waals surface area contributed by atoms with E-state index in [0.717, 1.165) is 50.1 Å². The summed E-state index contributed by atoms with van der Waals surface area (Å²) in [5.74, 6) is 1.96. The molecule has 19 heavy (non-hydrogen) atoms. The summed E-state index contributed by atoms with van der Waals surface area (Å²) in [6.07, 6.45) is 0. The molecule has 0 spiro atoms. The smallest absolute Gasteiger partial charge is 0.151 e. The van der Waals surface area contributed by atoms with E-state index in [2.05, 4.69) is 37.1 Å². The summed E-state index contributed by atoms with van der Waals surface area (Å²) in [6.45, 7) is 7.11. The van der Waals surface area contributed by atoms with E-state index in [4.69, 9.17) is 0 Å². The minimum absolute atomic E-state index is 0.859. The molecule has 1 aliphatic heterocycles. The molecule has 0 aliphatic carbocycles. The Kier molecular flexibility index (Phi) is 3.57. The molecular weight excluding hydrogens is 238 g/mol. The van der Waals surface area contributed by atoms with Gasteiger partial charge in [0.25, 0.3) is 0 Å². The van der Waals surface area contributed by atoms with Gasteiger partial charge in [0.05, 0.1) is 6.54 Å². The van der Waals surface area contributed by atoms with Gasteiger partial charge < -0.3 is 5.32 Å². The van der Waals surface area contributed by atoms with Crippen LogP contribution in [0.1, 0.15) is 11.6 Å². The Bertz CT molecular complexity index is 528. The van der Waals surface area contributed by atoms with Crippen LogP contribution in [0.4, 0.5) is 0 Å². The van der Waals surface area contributed by atoms with Gasteiger partial charge in [0.2, 0.25) is 0 Å². The van der Waals surface area contributed by atoms with E-state index in [9.17, 15) is 0 Å². The molecule has 0 radical (unpaired) electrons. The minimum atomic E-state index is 0.859. The first-order valence-electron chi connectivity index (χ1n) is 6.74. The van der Waals surface area contributed by atoms with E-state index in [1.54, 1.807) is 0 Å². The average Bonchev–Trinajstić information content (AvgIpc) is 2.82. The zero-order valence-corrected chi connectivity index (χ0v) is 11.2. The lowest BCUT2D eigenvalue weighted by molar-refractivity contribution is 0.226. The fourth-order valence-corrected chi connectivity index (χ4v) is 2.49. The molecule has 100 valence electrons. The van der Waals surface area contributed by atoms with Gasteiger partial charge in [0, 0.05) is 31.9 Å². The second-order valence-electron chi connectivity index (χ2n) is 4.86. The number of hydrogen-bond acceptors (Lipinski definition) is 4. The average molecular weight is 257 g/mol. The fourth-order valence-electron chi connectivity index (χ4n) is 2.49. The molecule has 1 aromatic heterocycles. The number of hydrogen-bond donors (Lipinski definition) is 1. The molecule has 1 aliphatic rings. The van der Waals surface area contributed by atoms with Gasteiger partial charge in [0.15, 0.2) is 5.82 Å². The van der Waals surface area contributed by atoms with E-state index in [0.29, 0.717) is 0 Å². The summed E-state index contributed by atoms with van der Waals surface area (Å²) in [4.78, 5) is 2.42. The first-order chi connectivity index (χ1) is 9.34. The minimum Gasteiger partial charge on any atom is -0.314 e. The molecule has 1 saturated heterocycles. The Morgan fingerprint density at radius 3 is 2.58 bits per heavy atom. The van der Waals surface area contributed by atoms with Crippen LogP contribution in [0.3, 0.4) is 0 Å². The normalized spacial score (nSPS) is 16.7. The highest BCUT2D eigenvalue weighted by Crippen LogP contribution is 2.14. The van der Waals surface area contributed by atoms with Crippen LogP contribution in [0.25, 0.3) is 5.69 Å². The highest BCUT2D eigenvalue weighted by atomic mass is 15.3. The van der Waals surface area contributed by atoms with Crippen LogP contribution in [-0.2, 0) is 6.54 Å². The Hall–Kier alpha value is -1.72. The van der Waals surface area contributed by atoms with Crippen molar-refractivity contribution in [3.8, 4) is 5.69 Å². The number of nitrogens with zero attached hydrogens (tertiary/aromatic N) is 4. The number of piperazine rings is 1. The maximum atomic E-state index is 4.34. The second-order valence-corrected chi connectivity index (χ2v) is 4.86. The highest BCUT2D eigenvalue weighted by Gasteiger charge is 2.16. The predicted molar refractivity (Wildman–Crippen MR) is 74.2 cm³/mol. The lowest BCUT2D eigenvalue weighted by Gasteiger charge is -2.26. The van der Waals surface area contributed by atoms with E-state index in [-0.39, 0.29) is 0 Å². The Morgan fingerprint density at radius 2 is 1.84 bits per heavy atom. The monoisotopic (exact) mass is 257 g/mol. The van der Waals surface area contributed by atoms with Crippen LogP contribution >= 0.6 is 0 Å². The van der Waals surface area contributed by atoms with Gasteiger partial charge in [-0.15, -0.1) is 10.2 Å². The largest absolute Gasteiger partial charge is 0.314 e. The summed E-state index contributed by atoms with van der Waals surface area (Å²) in [5.41, 5.74) is 1.13. The van der Waals surface area contributed by atoms with Crippen LogP contribution in [0.5, 0.6) is 0 Å². The fraction of sp³-hybridized carbons (Fsp3) is 0.429. The highest BCUT2D eigenvalue weighted by molar-refractivity contribution is 5.33. The van der Waals surface area contributed by atoms with E-state index in [1.165, 1.54) is 0 Å². The molecule has 0 unspecified atom stereocenters.